The van der Waals surface area contributed by atoms with E-state index in [1.54, 1.807) is 6.07 Å². The first kappa shape index (κ1) is 10.3. The third-order valence-electron chi connectivity index (χ3n) is 1.77. The summed E-state index contributed by atoms with van der Waals surface area (Å²) in [5.74, 6) is 6.00. The highest BCUT2D eigenvalue weighted by Gasteiger charge is 1.94. The lowest BCUT2D eigenvalue weighted by atomic mass is 10.1. The van der Waals surface area contributed by atoms with Gasteiger partial charge in [-0.05, 0) is 19.2 Å². The summed E-state index contributed by atoms with van der Waals surface area (Å²) in [6.07, 6.45) is 0.802. The van der Waals surface area contributed by atoms with Crippen molar-refractivity contribution in [2.24, 2.45) is 0 Å². The molecule has 0 aliphatic heterocycles. The van der Waals surface area contributed by atoms with E-state index >= 15 is 0 Å². The maximum Gasteiger partial charge on any atom is 0.100 e. The molecule has 0 aromatic heterocycles. The van der Waals surface area contributed by atoms with Crippen molar-refractivity contribution in [3.8, 4) is 17.9 Å². The Morgan fingerprint density at radius 1 is 1.29 bits per heavy atom. The fourth-order valence-corrected chi connectivity index (χ4v) is 1.03. The smallest absolute Gasteiger partial charge is 0.100 e. The van der Waals surface area contributed by atoms with Crippen molar-refractivity contribution < 1.29 is 0 Å². The van der Waals surface area contributed by atoms with Gasteiger partial charge in [0.2, 0.25) is 0 Å². The zero-order chi connectivity index (χ0) is 10.2. The third-order valence-corrected chi connectivity index (χ3v) is 1.77. The largest absolute Gasteiger partial charge is 0.319 e. The Kier molecular flexibility index (Phi) is 4.27. The Morgan fingerprint density at radius 3 is 2.64 bits per heavy atom. The third kappa shape index (κ3) is 2.94. The molecule has 0 saturated carbocycles. The van der Waals surface area contributed by atoms with Crippen LogP contribution in [0.4, 0.5) is 0 Å². The Bertz CT molecular complexity index is 391. The van der Waals surface area contributed by atoms with Crippen LogP contribution in [0.15, 0.2) is 24.3 Å². The van der Waals surface area contributed by atoms with Crippen LogP contribution in [-0.4, -0.2) is 13.6 Å². The molecule has 2 heteroatoms. The maximum atomic E-state index is 8.79. The molecule has 0 aliphatic rings. The number of hydrogen-bond acceptors (Lipinski definition) is 2. The number of hydrogen-bond donors (Lipinski definition) is 1. The van der Waals surface area contributed by atoms with Crippen LogP contribution in [0.5, 0.6) is 0 Å². The van der Waals surface area contributed by atoms with E-state index in [1.165, 1.54) is 0 Å². The maximum absolute atomic E-state index is 8.79. The summed E-state index contributed by atoms with van der Waals surface area (Å²) in [4.78, 5) is 0. The van der Waals surface area contributed by atoms with E-state index in [2.05, 4.69) is 23.2 Å². The topological polar surface area (TPSA) is 35.8 Å². The van der Waals surface area contributed by atoms with Crippen LogP contribution in [-0.2, 0) is 0 Å². The van der Waals surface area contributed by atoms with Crippen molar-refractivity contribution in [2.75, 3.05) is 13.6 Å². The normalized spacial score (nSPS) is 8.57. The molecule has 0 saturated heterocycles. The molecule has 0 atom stereocenters. The number of nitriles is 1. The van der Waals surface area contributed by atoms with Crippen LogP contribution in [0.25, 0.3) is 0 Å². The monoisotopic (exact) mass is 184 g/mol. The van der Waals surface area contributed by atoms with Crippen molar-refractivity contribution in [1.82, 2.24) is 5.32 Å². The molecule has 0 bridgehead atoms. The summed E-state index contributed by atoms with van der Waals surface area (Å²) in [5.41, 5.74) is 1.45. The van der Waals surface area contributed by atoms with Crippen LogP contribution < -0.4 is 5.32 Å². The van der Waals surface area contributed by atoms with E-state index in [-0.39, 0.29) is 0 Å². The van der Waals surface area contributed by atoms with Gasteiger partial charge in [-0.25, -0.2) is 0 Å². The molecule has 0 heterocycles. The summed E-state index contributed by atoms with van der Waals surface area (Å²) in [6, 6.07) is 9.50. The van der Waals surface area contributed by atoms with Crippen LogP contribution in [0, 0.1) is 23.2 Å². The second kappa shape index (κ2) is 5.80. The zero-order valence-corrected chi connectivity index (χ0v) is 8.17. The molecule has 0 aliphatic carbocycles. The molecule has 0 fully saturated rings. The number of benzene rings is 1. The van der Waals surface area contributed by atoms with Crippen molar-refractivity contribution in [3.63, 3.8) is 0 Å². The molecule has 1 aromatic rings. The Balaban J connectivity index is 2.74. The second-order valence-electron chi connectivity index (χ2n) is 2.81. The molecule has 0 radical (unpaired) electrons. The molecular weight excluding hydrogens is 172 g/mol. The fourth-order valence-electron chi connectivity index (χ4n) is 1.03. The minimum absolute atomic E-state index is 0.643. The van der Waals surface area contributed by atoms with E-state index in [0.29, 0.717) is 5.56 Å². The molecular formula is C12H12N2. The Labute approximate surface area is 84.6 Å². The summed E-state index contributed by atoms with van der Waals surface area (Å²) in [7, 11) is 1.89. The molecule has 14 heavy (non-hydrogen) atoms. The SMILES string of the molecule is CNCCC#Cc1ccccc1C#N. The van der Waals surface area contributed by atoms with E-state index in [4.69, 9.17) is 5.26 Å². The minimum atomic E-state index is 0.643. The van der Waals surface area contributed by atoms with Gasteiger partial charge in [0.15, 0.2) is 0 Å². The predicted octanol–water partition coefficient (Wildman–Crippen LogP) is 1.52. The van der Waals surface area contributed by atoms with Gasteiger partial charge in [-0.2, -0.15) is 5.26 Å². The van der Waals surface area contributed by atoms with Gasteiger partial charge in [0.05, 0.1) is 5.56 Å². The molecule has 1 N–H and O–H groups in total. The van der Waals surface area contributed by atoms with Gasteiger partial charge in [-0.1, -0.05) is 24.0 Å². The van der Waals surface area contributed by atoms with Crippen LogP contribution >= 0.6 is 0 Å². The summed E-state index contributed by atoms with van der Waals surface area (Å²) in [5, 5.41) is 11.8. The summed E-state index contributed by atoms with van der Waals surface area (Å²) < 4.78 is 0. The molecule has 1 aromatic carbocycles. The average Bonchev–Trinajstić information content (AvgIpc) is 2.25. The van der Waals surface area contributed by atoms with Gasteiger partial charge in [-0.3, -0.25) is 0 Å². The lowest BCUT2D eigenvalue weighted by Gasteiger charge is -1.92. The van der Waals surface area contributed by atoms with Crippen molar-refractivity contribution in [3.05, 3.63) is 35.4 Å². The highest BCUT2D eigenvalue weighted by atomic mass is 14.8. The molecule has 2 nitrogen and oxygen atoms in total. The van der Waals surface area contributed by atoms with Gasteiger partial charge >= 0.3 is 0 Å². The van der Waals surface area contributed by atoms with E-state index in [1.807, 2.05) is 25.2 Å². The van der Waals surface area contributed by atoms with Crippen LogP contribution in [0.1, 0.15) is 17.5 Å². The van der Waals surface area contributed by atoms with Crippen LogP contribution in [0.2, 0.25) is 0 Å². The van der Waals surface area contributed by atoms with Crippen molar-refractivity contribution in [2.45, 2.75) is 6.42 Å². The first-order valence-corrected chi connectivity index (χ1v) is 4.51. The average molecular weight is 184 g/mol. The highest BCUT2D eigenvalue weighted by Crippen LogP contribution is 2.04. The van der Waals surface area contributed by atoms with Gasteiger partial charge in [0, 0.05) is 18.5 Å². The van der Waals surface area contributed by atoms with Gasteiger partial charge < -0.3 is 5.32 Å². The number of rotatable bonds is 2. The van der Waals surface area contributed by atoms with Crippen LogP contribution in [0.3, 0.4) is 0 Å². The summed E-state index contributed by atoms with van der Waals surface area (Å²) in [6.45, 7) is 0.877. The first-order valence-electron chi connectivity index (χ1n) is 4.51. The Hall–Kier alpha value is -1.77. The van der Waals surface area contributed by atoms with E-state index < -0.39 is 0 Å². The molecule has 70 valence electrons. The fraction of sp³-hybridized carbons (Fsp3) is 0.250. The molecule has 1 rings (SSSR count). The first-order chi connectivity index (χ1) is 6.88. The highest BCUT2D eigenvalue weighted by molar-refractivity contribution is 5.47. The lowest BCUT2D eigenvalue weighted by Crippen LogP contribution is -2.05. The van der Waals surface area contributed by atoms with Gasteiger partial charge in [0.1, 0.15) is 6.07 Å². The standard InChI is InChI=1S/C12H12N2/c1-14-9-5-4-7-11-6-2-3-8-12(11)10-13/h2-3,6,8,14H,5,9H2,1H3. The van der Waals surface area contributed by atoms with Gasteiger partial charge in [0.25, 0.3) is 0 Å². The molecule has 0 spiro atoms. The second-order valence-corrected chi connectivity index (χ2v) is 2.81. The van der Waals surface area contributed by atoms with Gasteiger partial charge in [-0.15, -0.1) is 0 Å². The number of nitrogens with one attached hydrogen (secondary N) is 1. The van der Waals surface area contributed by atoms with E-state index in [0.717, 1.165) is 18.5 Å². The minimum Gasteiger partial charge on any atom is -0.319 e. The predicted molar refractivity (Wildman–Crippen MR) is 56.6 cm³/mol. The Morgan fingerprint density at radius 2 is 2.00 bits per heavy atom. The number of nitrogens with zero attached hydrogens (tertiary/aromatic N) is 1. The summed E-state index contributed by atoms with van der Waals surface area (Å²) >= 11 is 0. The van der Waals surface area contributed by atoms with E-state index in [9.17, 15) is 0 Å². The lowest BCUT2D eigenvalue weighted by molar-refractivity contribution is 0.818. The quantitative estimate of drug-likeness (QED) is 0.558. The molecule has 0 unspecified atom stereocenters. The zero-order valence-electron chi connectivity index (χ0n) is 8.17. The molecule has 0 amide bonds. The van der Waals surface area contributed by atoms with Crippen molar-refractivity contribution >= 4 is 0 Å². The van der Waals surface area contributed by atoms with Crippen molar-refractivity contribution in [1.29, 1.82) is 5.26 Å².